The first-order valence-electron chi connectivity index (χ1n) is 18.4. The minimum Gasteiger partial charge on any atom is -0.332 e. The number of pyridine rings is 1. The van der Waals surface area contributed by atoms with Crippen molar-refractivity contribution < 1.29 is 20.1 Å². The number of fused-ring (bicyclic) bond motifs is 2. The molecular weight excluding hydrogens is 879 g/mol. The van der Waals surface area contributed by atoms with Gasteiger partial charge in [0.05, 0.1) is 22.5 Å². The van der Waals surface area contributed by atoms with Crippen LogP contribution < -0.4 is 0 Å². The van der Waals surface area contributed by atoms with Gasteiger partial charge in [0.1, 0.15) is 0 Å². The molecule has 0 unspecified atom stereocenters. The van der Waals surface area contributed by atoms with Gasteiger partial charge in [-0.1, -0.05) is 167 Å². The van der Waals surface area contributed by atoms with E-state index in [0.29, 0.717) is 0 Å². The van der Waals surface area contributed by atoms with Crippen LogP contribution in [0.15, 0.2) is 200 Å². The Morgan fingerprint density at radius 2 is 1.23 bits per heavy atom. The van der Waals surface area contributed by atoms with Crippen molar-refractivity contribution in [3.05, 3.63) is 223 Å². The quantitative estimate of drug-likeness (QED) is 0.149. The summed E-state index contributed by atoms with van der Waals surface area (Å²) in [5, 5.41) is 4.86. The van der Waals surface area contributed by atoms with E-state index in [1.807, 2.05) is 42.5 Å². The number of aromatic nitrogens is 3. The fourth-order valence-corrected chi connectivity index (χ4v) is 7.93. The summed E-state index contributed by atoms with van der Waals surface area (Å²) in [6, 6.07) is 70.7. The first-order chi connectivity index (χ1) is 27.3. The van der Waals surface area contributed by atoms with Crippen molar-refractivity contribution in [2.45, 2.75) is 6.42 Å². The molecule has 56 heavy (non-hydrogen) atoms. The molecule has 0 aliphatic rings. The van der Waals surface area contributed by atoms with Gasteiger partial charge >= 0.3 is 0 Å². The second-order valence-corrected chi connectivity index (χ2v) is 14.1. The zero-order valence-corrected chi connectivity index (χ0v) is 33.6. The summed E-state index contributed by atoms with van der Waals surface area (Å²) in [7, 11) is 0. The second kappa shape index (κ2) is 17.1. The average Bonchev–Trinajstić information content (AvgIpc) is 3.86. The Bertz CT molecular complexity index is 2720. The number of para-hydroxylation sites is 3. The third-order valence-corrected chi connectivity index (χ3v) is 10.6. The summed E-state index contributed by atoms with van der Waals surface area (Å²) in [5.41, 5.74) is 13.5. The summed E-state index contributed by atoms with van der Waals surface area (Å²) in [4.78, 5) is 9.52. The molecule has 10 aromatic rings. The number of imidazole rings is 1. The first kappa shape index (κ1) is 36.7. The van der Waals surface area contributed by atoms with Crippen molar-refractivity contribution in [1.29, 1.82) is 0 Å². The summed E-state index contributed by atoms with van der Waals surface area (Å²) in [6.45, 7) is 0. The molecule has 0 spiro atoms. The van der Waals surface area contributed by atoms with Crippen LogP contribution in [0.5, 0.6) is 0 Å². The molecule has 0 aliphatic carbocycles. The maximum atomic E-state index is 5.30. The molecule has 0 fully saturated rings. The van der Waals surface area contributed by atoms with Crippen LogP contribution >= 0.6 is 11.3 Å². The molecule has 0 amide bonds. The molecule has 271 valence electrons. The normalized spacial score (nSPS) is 10.8. The molecule has 0 saturated heterocycles. The van der Waals surface area contributed by atoms with E-state index < -0.39 is 0 Å². The van der Waals surface area contributed by atoms with Crippen LogP contribution in [0, 0.1) is 11.4 Å². The zero-order chi connectivity index (χ0) is 36.8. The van der Waals surface area contributed by atoms with Gasteiger partial charge in [0.2, 0.25) is 0 Å². The van der Waals surface area contributed by atoms with Crippen LogP contribution in [0.4, 0.5) is 0 Å². The van der Waals surface area contributed by atoms with Gasteiger partial charge in [0.25, 0.3) is 0 Å². The minimum absolute atomic E-state index is 0. The van der Waals surface area contributed by atoms with Crippen LogP contribution in [-0.2, 0) is 26.5 Å². The molecule has 3 nitrogen and oxygen atoms in total. The fraction of sp³-hybridized carbons (Fsp3) is 0.0196. The summed E-state index contributed by atoms with van der Waals surface area (Å²) >= 11 is 1.66. The first-order valence-corrected chi connectivity index (χ1v) is 19.2. The van der Waals surface area contributed by atoms with Crippen molar-refractivity contribution in [2.75, 3.05) is 0 Å². The molecule has 3 heterocycles. The molecule has 0 atom stereocenters. The van der Waals surface area contributed by atoms with E-state index in [0.717, 1.165) is 56.9 Å². The molecular formula is C51H35IrN3S-2. The van der Waals surface area contributed by atoms with E-state index in [9.17, 15) is 0 Å². The maximum Gasteiger partial charge on any atom is 0.0774 e. The number of hydrogen-bond donors (Lipinski definition) is 0. The van der Waals surface area contributed by atoms with E-state index in [-0.39, 0.29) is 20.1 Å². The number of rotatable bonds is 7. The van der Waals surface area contributed by atoms with E-state index in [1.165, 1.54) is 32.3 Å². The van der Waals surface area contributed by atoms with E-state index >= 15 is 0 Å². The van der Waals surface area contributed by atoms with Gasteiger partial charge in [-0.15, -0.1) is 47.3 Å². The van der Waals surface area contributed by atoms with Gasteiger partial charge < -0.3 is 9.55 Å². The number of thiophene rings is 1. The number of benzene rings is 7. The van der Waals surface area contributed by atoms with Gasteiger partial charge in [-0.3, -0.25) is 16.3 Å². The van der Waals surface area contributed by atoms with Gasteiger partial charge in [0.15, 0.2) is 0 Å². The van der Waals surface area contributed by atoms with Crippen molar-refractivity contribution in [3.63, 3.8) is 0 Å². The van der Waals surface area contributed by atoms with Gasteiger partial charge in [-0.05, 0) is 47.0 Å². The third-order valence-electron chi connectivity index (χ3n) is 9.69. The van der Waals surface area contributed by atoms with Crippen LogP contribution in [0.1, 0.15) is 11.1 Å². The number of hydrogen-bond acceptors (Lipinski definition) is 3. The maximum absolute atomic E-state index is 5.30. The fourth-order valence-electron chi connectivity index (χ4n) is 7.11. The molecule has 7 aromatic carbocycles. The smallest absolute Gasteiger partial charge is 0.0774 e. The van der Waals surface area contributed by atoms with Crippen molar-refractivity contribution in [3.8, 4) is 50.6 Å². The molecule has 0 saturated carbocycles. The Kier molecular flexibility index (Phi) is 11.2. The Morgan fingerprint density at radius 3 is 1.91 bits per heavy atom. The largest absolute Gasteiger partial charge is 0.332 e. The van der Waals surface area contributed by atoms with E-state index in [4.69, 9.17) is 4.98 Å². The standard InChI is InChI=1S/C40H27N2S.C11H8N.Ir/c1-4-13-28(14-5-1)25-29-23-24-38-34(26-29)35(27-43-38)40-41-36-21-10-11-22-37(36)42(40)39-32(30-15-6-2-7-16-30)19-12-20-33(39)31-17-8-3-9-18-31;1-2-6-10(7-3-1)11-8-4-5-9-12-11;/h1-24,26H,25H2;1-6,8-9H;/q2*-1;. The summed E-state index contributed by atoms with van der Waals surface area (Å²) < 4.78 is 3.58. The van der Waals surface area contributed by atoms with Crippen molar-refractivity contribution in [1.82, 2.24) is 14.5 Å². The van der Waals surface area contributed by atoms with Gasteiger partial charge in [-0.25, -0.2) is 0 Å². The van der Waals surface area contributed by atoms with Crippen molar-refractivity contribution >= 4 is 32.5 Å². The van der Waals surface area contributed by atoms with E-state index in [2.05, 4.69) is 173 Å². The predicted octanol–water partition coefficient (Wildman–Crippen LogP) is 13.2. The second-order valence-electron chi connectivity index (χ2n) is 13.3. The average molecular weight is 914 g/mol. The Labute approximate surface area is 345 Å². The van der Waals surface area contributed by atoms with Crippen LogP contribution in [0.3, 0.4) is 0 Å². The van der Waals surface area contributed by atoms with Gasteiger partial charge in [-0.2, -0.15) is 0 Å². The summed E-state index contributed by atoms with van der Waals surface area (Å²) in [5.74, 6) is 0.907. The Hall–Kier alpha value is -6.23. The molecule has 0 aliphatic heterocycles. The Morgan fingerprint density at radius 1 is 0.571 bits per heavy atom. The third kappa shape index (κ3) is 7.66. The molecule has 5 heteroatoms. The minimum atomic E-state index is 0. The molecule has 0 bridgehead atoms. The van der Waals surface area contributed by atoms with Crippen LogP contribution in [-0.4, -0.2) is 14.5 Å². The Balaban J connectivity index is 0.000000290. The monoisotopic (exact) mass is 914 g/mol. The topological polar surface area (TPSA) is 30.7 Å². The molecule has 0 N–H and O–H groups in total. The SMILES string of the molecule is [Ir].[c-]1ccccc1-c1ccccn1.[c-]1sc2ccc(Cc3ccccc3)cc2c1-c1nc2ccccc2n1-c1c(-c2ccccc2)cccc1-c1ccccc1. The molecule has 1 radical (unpaired) electrons. The van der Waals surface area contributed by atoms with E-state index in [1.54, 1.807) is 17.5 Å². The molecule has 10 rings (SSSR count). The van der Waals surface area contributed by atoms with Crippen LogP contribution in [0.25, 0.3) is 71.7 Å². The van der Waals surface area contributed by atoms with Crippen molar-refractivity contribution in [2.24, 2.45) is 0 Å². The van der Waals surface area contributed by atoms with Crippen LogP contribution in [0.2, 0.25) is 0 Å². The predicted molar refractivity (Wildman–Crippen MR) is 229 cm³/mol. The summed E-state index contributed by atoms with van der Waals surface area (Å²) in [6.07, 6.45) is 2.67. The van der Waals surface area contributed by atoms with Gasteiger partial charge in [0, 0.05) is 37.4 Å². The zero-order valence-electron chi connectivity index (χ0n) is 30.3. The number of nitrogens with zero attached hydrogens (tertiary/aromatic N) is 3. The molecule has 3 aromatic heterocycles.